The maximum atomic E-state index is 11.2. The van der Waals surface area contributed by atoms with E-state index in [0.29, 0.717) is 11.7 Å². The molecule has 90 valence electrons. The highest BCUT2D eigenvalue weighted by Gasteiger charge is 2.18. The second-order valence-electron chi connectivity index (χ2n) is 4.01. The summed E-state index contributed by atoms with van der Waals surface area (Å²) in [6.07, 6.45) is 1.84. The molecular weight excluding hydrogens is 240 g/mol. The minimum Gasteiger partial charge on any atom is -0.366 e. The first-order valence-corrected chi connectivity index (χ1v) is 6.97. The molecular formula is C9H12N6OS. The Morgan fingerprint density at radius 2 is 2.18 bits per heavy atom. The van der Waals surface area contributed by atoms with Crippen molar-refractivity contribution in [3.05, 3.63) is 12.1 Å². The Hall–Kier alpha value is -1.57. The molecule has 7 nitrogen and oxygen atoms in total. The number of hydrogen-bond acceptors (Lipinski definition) is 6. The maximum Gasteiger partial charge on any atom is 0.200 e. The molecule has 8 heteroatoms. The van der Waals surface area contributed by atoms with E-state index in [0.717, 1.165) is 30.2 Å². The lowest BCUT2D eigenvalue weighted by Gasteiger charge is -2.22. The van der Waals surface area contributed by atoms with Gasteiger partial charge in [0.1, 0.15) is 5.82 Å². The lowest BCUT2D eigenvalue weighted by molar-refractivity contribution is 0.619. The third-order valence-electron chi connectivity index (χ3n) is 2.81. The molecule has 1 N–H and O–H groups in total. The molecule has 1 saturated heterocycles. The largest absolute Gasteiger partial charge is 0.366 e. The fourth-order valence-corrected chi connectivity index (χ4v) is 3.17. The quantitative estimate of drug-likeness (QED) is 0.799. The highest BCUT2D eigenvalue weighted by atomic mass is 32.2. The smallest absolute Gasteiger partial charge is 0.200 e. The van der Waals surface area contributed by atoms with Crippen molar-refractivity contribution in [1.29, 1.82) is 0 Å². The van der Waals surface area contributed by atoms with Gasteiger partial charge in [0.05, 0.1) is 0 Å². The van der Waals surface area contributed by atoms with Crippen LogP contribution in [0.1, 0.15) is 12.8 Å². The van der Waals surface area contributed by atoms with E-state index in [1.165, 1.54) is 4.63 Å². The van der Waals surface area contributed by atoms with Crippen LogP contribution in [-0.2, 0) is 10.8 Å². The molecule has 0 saturated carbocycles. The average molecular weight is 252 g/mol. The lowest BCUT2D eigenvalue weighted by atomic mass is 10.1. The molecule has 0 atom stereocenters. The van der Waals surface area contributed by atoms with Gasteiger partial charge in [0.2, 0.25) is 0 Å². The Labute approximate surface area is 100 Å². The van der Waals surface area contributed by atoms with Crippen molar-refractivity contribution in [3.63, 3.8) is 0 Å². The molecule has 0 amide bonds. The van der Waals surface area contributed by atoms with Gasteiger partial charge in [-0.05, 0) is 35.4 Å². The number of rotatable bonds is 2. The van der Waals surface area contributed by atoms with Crippen LogP contribution in [0, 0.1) is 0 Å². The number of hydrogen-bond donors (Lipinski definition) is 1. The van der Waals surface area contributed by atoms with Gasteiger partial charge < -0.3 is 5.32 Å². The van der Waals surface area contributed by atoms with E-state index in [-0.39, 0.29) is 0 Å². The molecule has 0 aromatic carbocycles. The van der Waals surface area contributed by atoms with Gasteiger partial charge in [-0.1, -0.05) is 0 Å². The molecule has 0 bridgehead atoms. The molecule has 3 heterocycles. The van der Waals surface area contributed by atoms with Gasteiger partial charge in [-0.25, -0.2) is 0 Å². The lowest BCUT2D eigenvalue weighted by Crippen LogP contribution is -2.29. The number of tetrazole rings is 1. The summed E-state index contributed by atoms with van der Waals surface area (Å²) in [6, 6.07) is 4.02. The molecule has 0 radical (unpaired) electrons. The number of fused-ring (bicyclic) bond motifs is 1. The van der Waals surface area contributed by atoms with Gasteiger partial charge in [0.25, 0.3) is 0 Å². The SMILES string of the molecule is O=S1CCC(Nc2ccc3nnnn3n2)CC1. The first-order chi connectivity index (χ1) is 8.31. The van der Waals surface area contributed by atoms with Crippen molar-refractivity contribution < 1.29 is 4.21 Å². The minimum absolute atomic E-state index is 0.342. The zero-order valence-electron chi connectivity index (χ0n) is 9.11. The molecule has 17 heavy (non-hydrogen) atoms. The Morgan fingerprint density at radius 1 is 1.35 bits per heavy atom. The van der Waals surface area contributed by atoms with Crippen molar-refractivity contribution in [2.45, 2.75) is 18.9 Å². The highest BCUT2D eigenvalue weighted by Crippen LogP contribution is 2.14. The van der Waals surface area contributed by atoms with Gasteiger partial charge in [0, 0.05) is 28.3 Å². The third kappa shape index (κ3) is 2.26. The predicted molar refractivity (Wildman–Crippen MR) is 63.1 cm³/mol. The van der Waals surface area contributed by atoms with Gasteiger partial charge in [0.15, 0.2) is 5.65 Å². The molecule has 2 aromatic rings. The van der Waals surface area contributed by atoms with Crippen molar-refractivity contribution in [3.8, 4) is 0 Å². The van der Waals surface area contributed by atoms with Crippen LogP contribution in [0.2, 0.25) is 0 Å². The standard InChI is InChI=1S/C9H12N6OS/c16-17-5-3-7(4-6-17)10-8-1-2-9-11-13-14-15(9)12-8/h1-2,7H,3-6H2,(H,10,12). The van der Waals surface area contributed by atoms with Gasteiger partial charge >= 0.3 is 0 Å². The summed E-state index contributed by atoms with van der Waals surface area (Å²) in [5.41, 5.74) is 0.625. The minimum atomic E-state index is -0.633. The molecule has 0 spiro atoms. The molecule has 1 aliphatic heterocycles. The molecule has 1 fully saturated rings. The van der Waals surface area contributed by atoms with Crippen LogP contribution in [0.4, 0.5) is 5.82 Å². The molecule has 1 aliphatic rings. The molecule has 3 rings (SSSR count). The van der Waals surface area contributed by atoms with Gasteiger partial charge in [-0.2, -0.15) is 0 Å². The van der Waals surface area contributed by atoms with E-state index in [1.54, 1.807) is 0 Å². The average Bonchev–Trinajstić information content (AvgIpc) is 2.79. The Morgan fingerprint density at radius 3 is 3.00 bits per heavy atom. The summed E-state index contributed by atoms with van der Waals surface area (Å²) >= 11 is 0. The molecule has 2 aromatic heterocycles. The summed E-state index contributed by atoms with van der Waals surface area (Å²) < 4.78 is 12.6. The summed E-state index contributed by atoms with van der Waals surface area (Å²) in [4.78, 5) is 0. The zero-order valence-corrected chi connectivity index (χ0v) is 9.93. The van der Waals surface area contributed by atoms with Crippen LogP contribution in [0.25, 0.3) is 5.65 Å². The van der Waals surface area contributed by atoms with Crippen LogP contribution in [0.3, 0.4) is 0 Å². The van der Waals surface area contributed by atoms with Crippen molar-refractivity contribution >= 4 is 22.3 Å². The third-order valence-corrected chi connectivity index (χ3v) is 4.19. The van der Waals surface area contributed by atoms with Crippen LogP contribution >= 0.6 is 0 Å². The van der Waals surface area contributed by atoms with E-state index in [2.05, 4.69) is 25.9 Å². The van der Waals surface area contributed by atoms with Crippen LogP contribution in [0.15, 0.2) is 12.1 Å². The fraction of sp³-hybridized carbons (Fsp3) is 0.556. The van der Waals surface area contributed by atoms with E-state index >= 15 is 0 Å². The van der Waals surface area contributed by atoms with E-state index in [4.69, 9.17) is 0 Å². The van der Waals surface area contributed by atoms with E-state index in [1.807, 2.05) is 12.1 Å². The second kappa shape index (κ2) is 4.36. The Balaban J connectivity index is 1.73. The van der Waals surface area contributed by atoms with E-state index < -0.39 is 10.8 Å². The molecule has 0 aliphatic carbocycles. The number of nitrogens with zero attached hydrogens (tertiary/aromatic N) is 5. The van der Waals surface area contributed by atoms with Crippen molar-refractivity contribution in [2.75, 3.05) is 16.8 Å². The summed E-state index contributed by atoms with van der Waals surface area (Å²) in [7, 11) is -0.633. The Kier molecular flexibility index (Phi) is 2.71. The van der Waals surface area contributed by atoms with Crippen LogP contribution in [0.5, 0.6) is 0 Å². The van der Waals surface area contributed by atoms with Crippen molar-refractivity contribution in [1.82, 2.24) is 25.3 Å². The number of nitrogens with one attached hydrogen (secondary N) is 1. The van der Waals surface area contributed by atoms with Crippen LogP contribution in [-0.4, -0.2) is 47.0 Å². The summed E-state index contributed by atoms with van der Waals surface area (Å²) in [6.45, 7) is 0. The van der Waals surface area contributed by atoms with Crippen LogP contribution < -0.4 is 5.32 Å². The van der Waals surface area contributed by atoms with E-state index in [9.17, 15) is 4.21 Å². The van der Waals surface area contributed by atoms with Crippen molar-refractivity contribution in [2.24, 2.45) is 0 Å². The maximum absolute atomic E-state index is 11.2. The van der Waals surface area contributed by atoms with Gasteiger partial charge in [-0.3, -0.25) is 4.21 Å². The number of anilines is 1. The number of aromatic nitrogens is 5. The predicted octanol–water partition coefficient (Wildman–Crippen LogP) is -0.158. The summed E-state index contributed by atoms with van der Waals surface area (Å²) in [5.74, 6) is 2.29. The first-order valence-electron chi connectivity index (χ1n) is 5.48. The topological polar surface area (TPSA) is 85.1 Å². The zero-order chi connectivity index (χ0) is 11.7. The summed E-state index contributed by atoms with van der Waals surface area (Å²) in [5, 5.41) is 18.6. The van der Waals surface area contributed by atoms with Gasteiger partial charge in [-0.15, -0.1) is 14.8 Å². The second-order valence-corrected chi connectivity index (χ2v) is 5.71. The highest BCUT2D eigenvalue weighted by molar-refractivity contribution is 7.85. The monoisotopic (exact) mass is 252 g/mol. The first kappa shape index (κ1) is 10.6. The Bertz CT molecular complexity index is 545. The fourth-order valence-electron chi connectivity index (χ4n) is 1.87. The molecule has 0 unspecified atom stereocenters. The normalized spacial score (nSPS) is 24.9.